The zero-order valence-corrected chi connectivity index (χ0v) is 17.9. The molecule has 0 spiro atoms. The highest BCUT2D eigenvalue weighted by Gasteiger charge is 2.17. The molecule has 0 N–H and O–H groups in total. The number of aryl methyl sites for hydroxylation is 1. The lowest BCUT2D eigenvalue weighted by Crippen LogP contribution is -2.37. The SMILES string of the molecule is ClC(Cl)Cl.Cn1c(=O)c2nc3c4cccnc4c4ncccc4c3nc2n(C)c1=O. The maximum Gasteiger partial charge on any atom is 0.332 e. The number of alkyl halides is 3. The van der Waals surface area contributed by atoms with Gasteiger partial charge in [-0.3, -0.25) is 23.9 Å². The van der Waals surface area contributed by atoms with Gasteiger partial charge in [0.25, 0.3) is 5.56 Å². The standard InChI is InChI=1S/C18H12N6O2.CHCl3/c1-23-16-15(17(25)24(2)18(23)26)21-13-9-5-3-7-19-11(9)12-10(14(13)22-16)6-4-8-20-12;2-1(3)4/h3-8H,1-2H3;1H. The molecule has 0 aliphatic carbocycles. The summed E-state index contributed by atoms with van der Waals surface area (Å²) in [5, 5.41) is 1.54. The fourth-order valence-electron chi connectivity index (χ4n) is 3.31. The Labute approximate surface area is 183 Å². The minimum atomic E-state index is -0.750. The molecule has 0 fully saturated rings. The van der Waals surface area contributed by atoms with Crippen LogP contribution in [0.2, 0.25) is 0 Å². The van der Waals surface area contributed by atoms with Crippen molar-refractivity contribution in [3.63, 3.8) is 0 Å². The molecule has 11 heteroatoms. The molecule has 0 aliphatic heterocycles. The first kappa shape index (κ1) is 20.5. The fraction of sp³-hybridized carbons (Fsp3) is 0.158. The van der Waals surface area contributed by atoms with Crippen LogP contribution in [0.15, 0.2) is 46.2 Å². The normalized spacial score (nSPS) is 11.4. The summed E-state index contributed by atoms with van der Waals surface area (Å²) in [6, 6.07) is 7.39. The summed E-state index contributed by atoms with van der Waals surface area (Å²) in [5.41, 5.74) is 2.04. The molecule has 0 saturated heterocycles. The molecule has 0 atom stereocenters. The summed E-state index contributed by atoms with van der Waals surface area (Å²) < 4.78 is 1.62. The number of aromatic nitrogens is 6. The topological polar surface area (TPSA) is 95.6 Å². The number of pyridine rings is 2. The Kier molecular flexibility index (Phi) is 5.31. The average Bonchev–Trinajstić information content (AvgIpc) is 2.75. The molecule has 0 radical (unpaired) electrons. The van der Waals surface area contributed by atoms with E-state index in [1.165, 1.54) is 11.6 Å². The van der Waals surface area contributed by atoms with Crippen molar-refractivity contribution in [2.75, 3.05) is 0 Å². The smallest absolute Gasteiger partial charge is 0.279 e. The molecule has 5 aromatic rings. The van der Waals surface area contributed by atoms with Crippen molar-refractivity contribution in [2.24, 2.45) is 14.1 Å². The summed E-state index contributed by atoms with van der Waals surface area (Å²) in [6.07, 6.45) is 3.39. The van der Waals surface area contributed by atoms with E-state index >= 15 is 0 Å². The van der Waals surface area contributed by atoms with E-state index in [1.54, 1.807) is 25.5 Å². The molecule has 4 heterocycles. The van der Waals surface area contributed by atoms with Gasteiger partial charge in [-0.25, -0.2) is 14.8 Å². The number of rotatable bonds is 0. The molecule has 0 amide bonds. The Bertz CT molecular complexity index is 1560. The number of halogens is 3. The molecule has 0 aliphatic rings. The van der Waals surface area contributed by atoms with Crippen LogP contribution in [0.25, 0.3) is 44.0 Å². The monoisotopic (exact) mass is 462 g/mol. The number of hydrogen-bond donors (Lipinski definition) is 0. The molecule has 0 unspecified atom stereocenters. The molecular formula is C19H13Cl3N6O2. The highest BCUT2D eigenvalue weighted by Crippen LogP contribution is 2.30. The summed E-state index contributed by atoms with van der Waals surface area (Å²) in [6.45, 7) is 0. The van der Waals surface area contributed by atoms with Crippen LogP contribution in [0.5, 0.6) is 0 Å². The minimum Gasteiger partial charge on any atom is -0.279 e. The van der Waals surface area contributed by atoms with Crippen molar-refractivity contribution in [1.29, 1.82) is 0 Å². The van der Waals surface area contributed by atoms with Gasteiger partial charge in [0, 0.05) is 37.3 Å². The van der Waals surface area contributed by atoms with E-state index in [0.29, 0.717) is 22.1 Å². The maximum atomic E-state index is 12.6. The quantitative estimate of drug-likeness (QED) is 0.199. The highest BCUT2D eigenvalue weighted by atomic mass is 35.6. The van der Waals surface area contributed by atoms with Crippen molar-refractivity contribution < 1.29 is 0 Å². The van der Waals surface area contributed by atoms with Gasteiger partial charge < -0.3 is 0 Å². The molecule has 30 heavy (non-hydrogen) atoms. The molecule has 5 rings (SSSR count). The van der Waals surface area contributed by atoms with Gasteiger partial charge in [0.15, 0.2) is 15.5 Å². The lowest BCUT2D eigenvalue weighted by Gasteiger charge is -2.10. The largest absolute Gasteiger partial charge is 0.332 e. The lowest BCUT2D eigenvalue weighted by molar-refractivity contribution is 0.706. The van der Waals surface area contributed by atoms with E-state index in [-0.39, 0.29) is 11.2 Å². The highest BCUT2D eigenvalue weighted by molar-refractivity contribution is 6.63. The van der Waals surface area contributed by atoms with Gasteiger partial charge >= 0.3 is 5.69 Å². The van der Waals surface area contributed by atoms with Gasteiger partial charge in [-0.1, -0.05) is 34.8 Å². The second kappa shape index (κ2) is 7.79. The molecule has 4 aromatic heterocycles. The summed E-state index contributed by atoms with van der Waals surface area (Å²) in [4.78, 5) is 42.9. The third-order valence-electron chi connectivity index (χ3n) is 4.63. The lowest BCUT2D eigenvalue weighted by atomic mass is 10.1. The Morgan fingerprint density at radius 2 is 1.27 bits per heavy atom. The molecule has 0 bridgehead atoms. The van der Waals surface area contributed by atoms with Crippen LogP contribution in [0.1, 0.15) is 0 Å². The summed E-state index contributed by atoms with van der Waals surface area (Å²) in [5.74, 6) is 0. The second-order valence-electron chi connectivity index (χ2n) is 6.35. The van der Waals surface area contributed by atoms with Crippen LogP contribution in [0, 0.1) is 0 Å². The molecule has 8 nitrogen and oxygen atoms in total. The first-order chi connectivity index (χ1) is 14.3. The van der Waals surface area contributed by atoms with E-state index in [2.05, 4.69) is 19.9 Å². The van der Waals surface area contributed by atoms with Gasteiger partial charge in [0.2, 0.25) is 0 Å². The van der Waals surface area contributed by atoms with E-state index in [9.17, 15) is 9.59 Å². The Balaban J connectivity index is 0.000000503. The van der Waals surface area contributed by atoms with Crippen molar-refractivity contribution in [1.82, 2.24) is 29.1 Å². The fourth-order valence-corrected chi connectivity index (χ4v) is 3.31. The van der Waals surface area contributed by atoms with Gasteiger partial charge in [0.05, 0.1) is 16.6 Å². The molecule has 0 saturated carbocycles. The van der Waals surface area contributed by atoms with Crippen LogP contribution >= 0.6 is 34.8 Å². The first-order valence-electron chi connectivity index (χ1n) is 8.62. The Morgan fingerprint density at radius 3 is 1.80 bits per heavy atom. The number of fused-ring (bicyclic) bond motifs is 7. The second-order valence-corrected chi connectivity index (χ2v) is 8.32. The third-order valence-corrected chi connectivity index (χ3v) is 4.63. The van der Waals surface area contributed by atoms with E-state index < -0.39 is 15.5 Å². The van der Waals surface area contributed by atoms with Gasteiger partial charge in [-0.15, -0.1) is 0 Å². The van der Waals surface area contributed by atoms with Crippen molar-refractivity contribution in [3.05, 3.63) is 57.5 Å². The summed E-state index contributed by atoms with van der Waals surface area (Å²) >= 11 is 14.4. The molecule has 152 valence electrons. The average molecular weight is 464 g/mol. The van der Waals surface area contributed by atoms with Crippen LogP contribution in [-0.4, -0.2) is 33.4 Å². The van der Waals surface area contributed by atoms with Gasteiger partial charge in [-0.05, 0) is 24.3 Å². The van der Waals surface area contributed by atoms with Crippen LogP contribution in [-0.2, 0) is 14.1 Å². The van der Waals surface area contributed by atoms with E-state index in [4.69, 9.17) is 34.8 Å². The van der Waals surface area contributed by atoms with Crippen molar-refractivity contribution in [2.45, 2.75) is 4.30 Å². The van der Waals surface area contributed by atoms with Crippen LogP contribution in [0.4, 0.5) is 0 Å². The Hall–Kier alpha value is -2.81. The predicted molar refractivity (Wildman–Crippen MR) is 119 cm³/mol. The number of benzene rings is 1. The van der Waals surface area contributed by atoms with E-state index in [1.807, 2.05) is 18.2 Å². The molecular weight excluding hydrogens is 451 g/mol. The maximum absolute atomic E-state index is 12.6. The first-order valence-corrected chi connectivity index (χ1v) is 9.93. The Morgan fingerprint density at radius 1 is 0.767 bits per heavy atom. The zero-order valence-electron chi connectivity index (χ0n) is 15.7. The summed E-state index contributed by atoms with van der Waals surface area (Å²) in [7, 11) is 3.01. The van der Waals surface area contributed by atoms with E-state index in [0.717, 1.165) is 15.3 Å². The minimum absolute atomic E-state index is 0.149. The zero-order chi connectivity index (χ0) is 21.6. The van der Waals surface area contributed by atoms with Crippen molar-refractivity contribution >= 4 is 78.8 Å². The number of nitrogens with zero attached hydrogens (tertiary/aromatic N) is 6. The predicted octanol–water partition coefficient (Wildman–Crippen LogP) is 3.26. The van der Waals surface area contributed by atoms with Gasteiger partial charge in [0.1, 0.15) is 5.52 Å². The number of hydrogen-bond acceptors (Lipinski definition) is 6. The van der Waals surface area contributed by atoms with Gasteiger partial charge in [-0.2, -0.15) is 0 Å². The molecule has 1 aromatic carbocycles. The third kappa shape index (κ3) is 3.27. The van der Waals surface area contributed by atoms with Crippen LogP contribution in [0.3, 0.4) is 0 Å². The van der Waals surface area contributed by atoms with Crippen molar-refractivity contribution in [3.8, 4) is 0 Å². The van der Waals surface area contributed by atoms with Crippen LogP contribution < -0.4 is 11.2 Å².